The molecule has 6 nitrogen and oxygen atoms in total. The summed E-state index contributed by atoms with van der Waals surface area (Å²) in [4.78, 5) is 17.0. The predicted molar refractivity (Wildman–Crippen MR) is 130 cm³/mol. The van der Waals surface area contributed by atoms with Gasteiger partial charge in [0.25, 0.3) is 0 Å². The number of aromatic nitrogens is 2. The lowest BCUT2D eigenvalue weighted by atomic mass is 10.1. The molecule has 4 rings (SSSR count). The number of hydrazone groups is 1. The van der Waals surface area contributed by atoms with E-state index in [-0.39, 0.29) is 5.78 Å². The summed E-state index contributed by atoms with van der Waals surface area (Å²) in [6, 6.07) is 27.3. The quantitative estimate of drug-likeness (QED) is 0.173. The number of carbonyl (C=O) groups excluding carboxylic acids is 1. The summed E-state index contributed by atoms with van der Waals surface area (Å²) < 4.78 is 7.21. The SMILES string of the molecule is COc1ccc(NN=C(Sc2ncc(-c3ccccc3)n2-c2ccccc2)C(C)=O)cc1. The summed E-state index contributed by atoms with van der Waals surface area (Å²) in [5.74, 6) is 0.596. The van der Waals surface area contributed by atoms with E-state index in [0.717, 1.165) is 28.4 Å². The predicted octanol–water partition coefficient (Wildman–Crippen LogP) is 5.65. The van der Waals surface area contributed by atoms with Gasteiger partial charge in [-0.15, -0.1) is 0 Å². The van der Waals surface area contributed by atoms with Crippen LogP contribution in [0.2, 0.25) is 0 Å². The number of anilines is 1. The summed E-state index contributed by atoms with van der Waals surface area (Å²) >= 11 is 1.23. The van der Waals surface area contributed by atoms with Gasteiger partial charge in [0.15, 0.2) is 16.0 Å². The molecular formula is C25H22N4O2S. The number of methoxy groups -OCH3 is 1. The molecule has 0 spiro atoms. The van der Waals surface area contributed by atoms with Crippen molar-refractivity contribution in [2.75, 3.05) is 12.5 Å². The number of nitrogens with one attached hydrogen (secondary N) is 1. The second-order valence-electron chi connectivity index (χ2n) is 6.88. The summed E-state index contributed by atoms with van der Waals surface area (Å²) in [6.45, 7) is 1.50. The highest BCUT2D eigenvalue weighted by Gasteiger charge is 2.18. The van der Waals surface area contributed by atoms with Crippen molar-refractivity contribution in [2.45, 2.75) is 12.1 Å². The molecular weight excluding hydrogens is 420 g/mol. The fraction of sp³-hybridized carbons (Fsp3) is 0.0800. The van der Waals surface area contributed by atoms with Crippen LogP contribution in [0.1, 0.15) is 6.92 Å². The largest absolute Gasteiger partial charge is 0.497 e. The van der Waals surface area contributed by atoms with Crippen LogP contribution in [0.15, 0.2) is 101 Å². The number of carbonyl (C=O) groups is 1. The molecule has 0 saturated carbocycles. The number of thioether (sulfide) groups is 1. The molecule has 0 amide bonds. The van der Waals surface area contributed by atoms with Crippen LogP contribution in [0.4, 0.5) is 5.69 Å². The van der Waals surface area contributed by atoms with Crippen molar-refractivity contribution in [2.24, 2.45) is 5.10 Å². The lowest BCUT2D eigenvalue weighted by molar-refractivity contribution is -0.110. The molecule has 0 fully saturated rings. The highest BCUT2D eigenvalue weighted by molar-refractivity contribution is 8.15. The number of benzene rings is 3. The lowest BCUT2D eigenvalue weighted by Gasteiger charge is -2.12. The molecule has 4 aromatic rings. The van der Waals surface area contributed by atoms with Crippen LogP contribution in [0.25, 0.3) is 16.9 Å². The number of Topliss-reactive ketones (excluding diaryl/α,β-unsaturated/α-hetero) is 1. The number of para-hydroxylation sites is 1. The molecule has 0 aliphatic heterocycles. The lowest BCUT2D eigenvalue weighted by Crippen LogP contribution is -2.10. The zero-order valence-electron chi connectivity index (χ0n) is 17.7. The number of nitrogens with zero attached hydrogens (tertiary/aromatic N) is 3. The Kier molecular flexibility index (Phi) is 6.67. The number of imidazole rings is 1. The Labute approximate surface area is 191 Å². The second kappa shape index (κ2) is 9.98. The molecule has 1 heterocycles. The van der Waals surface area contributed by atoms with Gasteiger partial charge in [-0.1, -0.05) is 48.5 Å². The molecule has 1 N–H and O–H groups in total. The van der Waals surface area contributed by atoms with E-state index in [0.29, 0.717) is 10.2 Å². The molecule has 0 bridgehead atoms. The number of ether oxygens (including phenoxy) is 1. The molecule has 0 atom stereocenters. The van der Waals surface area contributed by atoms with Gasteiger partial charge in [0.1, 0.15) is 5.75 Å². The summed E-state index contributed by atoms with van der Waals surface area (Å²) in [5, 5.41) is 5.31. The van der Waals surface area contributed by atoms with Crippen LogP contribution in [0.5, 0.6) is 5.75 Å². The van der Waals surface area contributed by atoms with Crippen molar-refractivity contribution < 1.29 is 9.53 Å². The van der Waals surface area contributed by atoms with Crippen LogP contribution in [-0.4, -0.2) is 27.5 Å². The highest BCUT2D eigenvalue weighted by Crippen LogP contribution is 2.30. The minimum Gasteiger partial charge on any atom is -0.497 e. The van der Waals surface area contributed by atoms with Gasteiger partial charge in [0.2, 0.25) is 0 Å². The molecule has 0 aliphatic rings. The Morgan fingerprint density at radius 3 is 2.25 bits per heavy atom. The molecule has 0 radical (unpaired) electrons. The molecule has 7 heteroatoms. The third-order valence-electron chi connectivity index (χ3n) is 4.68. The molecule has 3 aromatic carbocycles. The van der Waals surface area contributed by atoms with Crippen LogP contribution in [0, 0.1) is 0 Å². The van der Waals surface area contributed by atoms with E-state index in [2.05, 4.69) is 15.5 Å². The Balaban J connectivity index is 1.68. The minimum atomic E-state index is -0.153. The van der Waals surface area contributed by atoms with Crippen molar-refractivity contribution in [3.8, 4) is 22.7 Å². The Hall–Kier alpha value is -3.84. The first-order valence-corrected chi connectivity index (χ1v) is 10.8. The zero-order chi connectivity index (χ0) is 22.3. The first kappa shape index (κ1) is 21.4. The first-order valence-electron chi connectivity index (χ1n) is 10.0. The van der Waals surface area contributed by atoms with Gasteiger partial charge < -0.3 is 4.74 Å². The van der Waals surface area contributed by atoms with Crippen molar-refractivity contribution in [3.63, 3.8) is 0 Å². The monoisotopic (exact) mass is 442 g/mol. The molecule has 0 saturated heterocycles. The van der Waals surface area contributed by atoms with Gasteiger partial charge in [-0.05, 0) is 48.2 Å². The number of rotatable bonds is 7. The zero-order valence-corrected chi connectivity index (χ0v) is 18.5. The van der Waals surface area contributed by atoms with Gasteiger partial charge in [-0.2, -0.15) is 5.10 Å². The van der Waals surface area contributed by atoms with Crippen LogP contribution < -0.4 is 10.2 Å². The molecule has 1 aromatic heterocycles. The maximum Gasteiger partial charge on any atom is 0.186 e. The van der Waals surface area contributed by atoms with E-state index >= 15 is 0 Å². The summed E-state index contributed by atoms with van der Waals surface area (Å²) in [7, 11) is 1.61. The van der Waals surface area contributed by atoms with Crippen LogP contribution in [-0.2, 0) is 4.79 Å². The Morgan fingerprint density at radius 1 is 0.969 bits per heavy atom. The van der Waals surface area contributed by atoms with Crippen molar-refractivity contribution in [1.29, 1.82) is 0 Å². The molecule has 160 valence electrons. The second-order valence-corrected chi connectivity index (χ2v) is 7.83. The minimum absolute atomic E-state index is 0.153. The number of ketones is 1. The summed E-state index contributed by atoms with van der Waals surface area (Å²) in [6.07, 6.45) is 1.82. The van der Waals surface area contributed by atoms with Gasteiger partial charge >= 0.3 is 0 Å². The smallest absolute Gasteiger partial charge is 0.186 e. The third-order valence-corrected chi connectivity index (χ3v) is 5.72. The standard InChI is InChI=1S/C25H22N4O2S/c1-18(30)24(28-27-20-13-15-22(31-2)16-14-20)32-25-26-17-23(19-9-5-3-6-10-19)29(25)21-11-7-4-8-12-21/h3-17,27H,1-2H3. The normalized spacial score (nSPS) is 11.2. The fourth-order valence-electron chi connectivity index (χ4n) is 3.09. The molecule has 0 aliphatic carbocycles. The van der Waals surface area contributed by atoms with E-state index in [1.807, 2.05) is 95.7 Å². The van der Waals surface area contributed by atoms with E-state index in [4.69, 9.17) is 4.74 Å². The third kappa shape index (κ3) is 4.90. The van der Waals surface area contributed by atoms with Crippen molar-refractivity contribution >= 4 is 28.3 Å². The fourth-order valence-corrected chi connectivity index (χ4v) is 3.90. The van der Waals surface area contributed by atoms with Crippen LogP contribution >= 0.6 is 11.8 Å². The molecule has 0 unspecified atom stereocenters. The maximum atomic E-state index is 12.3. The Bertz CT molecular complexity index is 1220. The Morgan fingerprint density at radius 2 is 1.62 bits per heavy atom. The molecule has 32 heavy (non-hydrogen) atoms. The van der Waals surface area contributed by atoms with E-state index in [1.54, 1.807) is 7.11 Å². The topological polar surface area (TPSA) is 68.5 Å². The van der Waals surface area contributed by atoms with Crippen LogP contribution in [0.3, 0.4) is 0 Å². The van der Waals surface area contributed by atoms with Crippen molar-refractivity contribution in [3.05, 3.63) is 91.1 Å². The van der Waals surface area contributed by atoms with Gasteiger partial charge in [0.05, 0.1) is 24.7 Å². The van der Waals surface area contributed by atoms with Gasteiger partial charge in [-0.3, -0.25) is 14.8 Å². The van der Waals surface area contributed by atoms with Gasteiger partial charge in [0, 0.05) is 18.2 Å². The van der Waals surface area contributed by atoms with E-state index in [1.165, 1.54) is 18.7 Å². The van der Waals surface area contributed by atoms with E-state index in [9.17, 15) is 4.79 Å². The highest BCUT2D eigenvalue weighted by atomic mass is 32.2. The average molecular weight is 443 g/mol. The van der Waals surface area contributed by atoms with E-state index < -0.39 is 0 Å². The first-order chi connectivity index (χ1) is 15.7. The number of hydrogen-bond donors (Lipinski definition) is 1. The maximum absolute atomic E-state index is 12.3. The summed E-state index contributed by atoms with van der Waals surface area (Å²) in [5.41, 5.74) is 6.63. The average Bonchev–Trinajstić information content (AvgIpc) is 3.26. The number of hydrogen-bond acceptors (Lipinski definition) is 6. The van der Waals surface area contributed by atoms with Gasteiger partial charge in [-0.25, -0.2) is 4.98 Å². The van der Waals surface area contributed by atoms with Crippen molar-refractivity contribution in [1.82, 2.24) is 9.55 Å².